The third kappa shape index (κ3) is 2.29. The molecule has 2 aromatic rings. The van der Waals surface area contributed by atoms with Crippen LogP contribution in [0.25, 0.3) is 0 Å². The second-order valence-electron chi connectivity index (χ2n) is 4.13. The SMILES string of the molecule is Clc1cc2c(c(C(Cl)c3csc(Br)c3)c1)OCC2. The third-order valence-corrected chi connectivity index (χ3v) is 5.16. The molecule has 5 heteroatoms. The van der Waals surface area contributed by atoms with Gasteiger partial charge < -0.3 is 4.74 Å². The second-order valence-corrected chi connectivity index (χ2v) is 7.29. The van der Waals surface area contributed by atoms with Gasteiger partial charge in [0.2, 0.25) is 0 Å². The summed E-state index contributed by atoms with van der Waals surface area (Å²) in [5.74, 6) is 0.904. The number of benzene rings is 1. The van der Waals surface area contributed by atoms with Gasteiger partial charge in [-0.1, -0.05) is 11.6 Å². The van der Waals surface area contributed by atoms with Crippen LogP contribution in [0.5, 0.6) is 5.75 Å². The molecule has 0 aliphatic carbocycles. The van der Waals surface area contributed by atoms with Gasteiger partial charge in [-0.15, -0.1) is 22.9 Å². The van der Waals surface area contributed by atoms with E-state index < -0.39 is 0 Å². The Labute approximate surface area is 128 Å². The summed E-state index contributed by atoms with van der Waals surface area (Å²) in [7, 11) is 0. The van der Waals surface area contributed by atoms with E-state index in [0.717, 1.165) is 32.6 Å². The van der Waals surface area contributed by atoms with Crippen LogP contribution in [0.4, 0.5) is 0 Å². The summed E-state index contributed by atoms with van der Waals surface area (Å²) in [6, 6.07) is 5.89. The van der Waals surface area contributed by atoms with Gasteiger partial charge in [-0.25, -0.2) is 0 Å². The van der Waals surface area contributed by atoms with E-state index in [1.54, 1.807) is 11.3 Å². The number of alkyl halides is 1. The van der Waals surface area contributed by atoms with Gasteiger partial charge in [0.1, 0.15) is 5.75 Å². The Bertz CT molecular complexity index is 597. The van der Waals surface area contributed by atoms with Crippen LogP contribution in [0.1, 0.15) is 22.1 Å². The molecule has 1 unspecified atom stereocenters. The minimum atomic E-state index is -0.224. The Balaban J connectivity index is 2.06. The molecule has 1 aromatic carbocycles. The monoisotopic (exact) mass is 362 g/mol. The lowest BCUT2D eigenvalue weighted by atomic mass is 10.0. The average Bonchev–Trinajstić information content (AvgIpc) is 2.95. The number of hydrogen-bond donors (Lipinski definition) is 0. The Hall–Kier alpha value is -0.220. The van der Waals surface area contributed by atoms with Gasteiger partial charge in [0, 0.05) is 17.0 Å². The fourth-order valence-corrected chi connectivity index (χ4v) is 3.94. The molecule has 1 atom stereocenters. The normalized spacial score (nSPS) is 15.3. The van der Waals surface area contributed by atoms with Crippen LogP contribution in [-0.2, 0) is 6.42 Å². The molecule has 3 rings (SSSR count). The molecule has 0 bridgehead atoms. The number of thiophene rings is 1. The van der Waals surface area contributed by atoms with E-state index >= 15 is 0 Å². The van der Waals surface area contributed by atoms with Crippen LogP contribution in [0, 0.1) is 0 Å². The minimum absolute atomic E-state index is 0.224. The summed E-state index contributed by atoms with van der Waals surface area (Å²) < 4.78 is 6.75. The predicted molar refractivity (Wildman–Crippen MR) is 80.4 cm³/mol. The van der Waals surface area contributed by atoms with Crippen LogP contribution in [0.15, 0.2) is 27.4 Å². The Kier molecular flexibility index (Phi) is 3.59. The molecule has 1 nitrogen and oxygen atoms in total. The summed E-state index contributed by atoms with van der Waals surface area (Å²) in [5.41, 5.74) is 3.17. The molecule has 94 valence electrons. The molecule has 1 aliphatic rings. The van der Waals surface area contributed by atoms with E-state index in [-0.39, 0.29) is 5.38 Å². The highest BCUT2D eigenvalue weighted by molar-refractivity contribution is 9.11. The van der Waals surface area contributed by atoms with Gasteiger partial charge in [0.15, 0.2) is 0 Å². The van der Waals surface area contributed by atoms with Gasteiger partial charge in [0.25, 0.3) is 0 Å². The summed E-state index contributed by atoms with van der Waals surface area (Å²) >= 11 is 17.8. The molecule has 0 radical (unpaired) electrons. The lowest BCUT2D eigenvalue weighted by Gasteiger charge is -2.13. The van der Waals surface area contributed by atoms with Crippen molar-refractivity contribution in [2.24, 2.45) is 0 Å². The number of ether oxygens (including phenoxy) is 1. The molecule has 1 aliphatic heterocycles. The van der Waals surface area contributed by atoms with Crippen molar-refractivity contribution in [1.82, 2.24) is 0 Å². The summed E-state index contributed by atoms with van der Waals surface area (Å²) in [4.78, 5) is 0. The highest BCUT2D eigenvalue weighted by atomic mass is 79.9. The van der Waals surface area contributed by atoms with Crippen molar-refractivity contribution in [1.29, 1.82) is 0 Å². The Morgan fingerprint density at radius 1 is 1.33 bits per heavy atom. The summed E-state index contributed by atoms with van der Waals surface area (Å²) in [5, 5.41) is 2.54. The molecule has 0 amide bonds. The van der Waals surface area contributed by atoms with E-state index in [2.05, 4.69) is 15.9 Å². The predicted octanol–water partition coefficient (Wildman–Crippen LogP) is 5.43. The molecular formula is C13H9BrCl2OS. The Morgan fingerprint density at radius 2 is 2.17 bits per heavy atom. The van der Waals surface area contributed by atoms with Crippen LogP contribution in [0.2, 0.25) is 5.02 Å². The van der Waals surface area contributed by atoms with E-state index in [1.165, 1.54) is 0 Å². The Morgan fingerprint density at radius 3 is 2.89 bits per heavy atom. The second kappa shape index (κ2) is 5.04. The number of hydrogen-bond acceptors (Lipinski definition) is 2. The maximum absolute atomic E-state index is 6.55. The molecule has 0 N–H and O–H groups in total. The van der Waals surface area contributed by atoms with Gasteiger partial charge in [-0.2, -0.15) is 0 Å². The molecule has 0 spiro atoms. The zero-order chi connectivity index (χ0) is 12.7. The van der Waals surface area contributed by atoms with Gasteiger partial charge in [-0.05, 0) is 50.6 Å². The minimum Gasteiger partial charge on any atom is -0.493 e. The quantitative estimate of drug-likeness (QED) is 0.646. The lowest BCUT2D eigenvalue weighted by Crippen LogP contribution is -1.96. The standard InChI is InChI=1S/C13H9BrCl2OS/c14-11-4-8(6-18-11)12(16)10-5-9(15)3-7-1-2-17-13(7)10/h3-6,12H,1-2H2. The fourth-order valence-electron chi connectivity index (χ4n) is 2.12. The van der Waals surface area contributed by atoms with Crippen molar-refractivity contribution >= 4 is 50.5 Å². The smallest absolute Gasteiger partial charge is 0.127 e. The molecule has 0 saturated heterocycles. The number of rotatable bonds is 2. The zero-order valence-corrected chi connectivity index (χ0v) is 13.2. The average molecular weight is 364 g/mol. The van der Waals surface area contributed by atoms with Gasteiger partial charge in [-0.3, -0.25) is 0 Å². The van der Waals surface area contributed by atoms with Crippen molar-refractivity contribution in [3.63, 3.8) is 0 Å². The largest absolute Gasteiger partial charge is 0.493 e. The molecular weight excluding hydrogens is 355 g/mol. The van der Waals surface area contributed by atoms with Crippen molar-refractivity contribution in [3.8, 4) is 5.75 Å². The summed E-state index contributed by atoms with van der Waals surface area (Å²) in [6.45, 7) is 0.708. The van der Waals surface area contributed by atoms with Crippen LogP contribution in [0.3, 0.4) is 0 Å². The molecule has 0 saturated carbocycles. The van der Waals surface area contributed by atoms with Crippen LogP contribution >= 0.6 is 50.5 Å². The fraction of sp³-hybridized carbons (Fsp3) is 0.231. The van der Waals surface area contributed by atoms with Crippen LogP contribution < -0.4 is 4.74 Å². The molecule has 18 heavy (non-hydrogen) atoms. The first-order valence-corrected chi connectivity index (χ1v) is 7.97. The number of fused-ring (bicyclic) bond motifs is 1. The van der Waals surface area contributed by atoms with E-state index in [4.69, 9.17) is 27.9 Å². The first kappa shape index (κ1) is 12.8. The van der Waals surface area contributed by atoms with E-state index in [0.29, 0.717) is 11.6 Å². The van der Waals surface area contributed by atoms with Gasteiger partial charge >= 0.3 is 0 Å². The molecule has 2 heterocycles. The van der Waals surface area contributed by atoms with Crippen LogP contribution in [-0.4, -0.2) is 6.61 Å². The number of halogens is 3. The summed E-state index contributed by atoms with van der Waals surface area (Å²) in [6.07, 6.45) is 0.903. The highest BCUT2D eigenvalue weighted by Crippen LogP contribution is 2.42. The molecule has 0 fully saturated rings. The highest BCUT2D eigenvalue weighted by Gasteiger charge is 2.23. The lowest BCUT2D eigenvalue weighted by molar-refractivity contribution is 0.353. The maximum Gasteiger partial charge on any atom is 0.127 e. The zero-order valence-electron chi connectivity index (χ0n) is 9.25. The first-order chi connectivity index (χ1) is 8.65. The first-order valence-electron chi connectivity index (χ1n) is 5.48. The van der Waals surface area contributed by atoms with Crippen molar-refractivity contribution in [2.45, 2.75) is 11.8 Å². The van der Waals surface area contributed by atoms with E-state index in [1.807, 2.05) is 23.6 Å². The van der Waals surface area contributed by atoms with E-state index in [9.17, 15) is 0 Å². The van der Waals surface area contributed by atoms with Crippen molar-refractivity contribution in [3.05, 3.63) is 49.1 Å². The van der Waals surface area contributed by atoms with Crippen molar-refractivity contribution in [2.75, 3.05) is 6.61 Å². The van der Waals surface area contributed by atoms with Crippen molar-refractivity contribution < 1.29 is 4.74 Å². The molecule has 1 aromatic heterocycles. The van der Waals surface area contributed by atoms with Gasteiger partial charge in [0.05, 0.1) is 15.8 Å². The maximum atomic E-state index is 6.55. The topological polar surface area (TPSA) is 9.23 Å². The third-order valence-electron chi connectivity index (χ3n) is 2.93.